The van der Waals surface area contributed by atoms with Crippen LogP contribution in [0.3, 0.4) is 0 Å². The number of anilines is 2. The molecule has 1 atom stereocenters. The molecule has 0 aliphatic carbocycles. The number of benzene rings is 2. The molecule has 10 nitrogen and oxygen atoms in total. The minimum atomic E-state index is -0.705. The summed E-state index contributed by atoms with van der Waals surface area (Å²) in [7, 11) is 0. The summed E-state index contributed by atoms with van der Waals surface area (Å²) < 4.78 is 4.97. The summed E-state index contributed by atoms with van der Waals surface area (Å²) in [5, 5.41) is 17.4. The third kappa shape index (κ3) is 5.92. The number of hydrogen-bond donors (Lipinski definition) is 5. The lowest BCUT2D eigenvalue weighted by molar-refractivity contribution is 0.0526. The molecule has 10 heteroatoms. The van der Waals surface area contributed by atoms with E-state index < -0.39 is 23.9 Å². The van der Waals surface area contributed by atoms with Crippen LogP contribution in [0.1, 0.15) is 39.5 Å². The van der Waals surface area contributed by atoms with Gasteiger partial charge in [0.25, 0.3) is 5.91 Å². The van der Waals surface area contributed by atoms with Crippen LogP contribution in [-0.2, 0) is 4.74 Å². The molecule has 1 heterocycles. The van der Waals surface area contributed by atoms with Crippen molar-refractivity contribution >= 4 is 29.3 Å². The zero-order chi connectivity index (χ0) is 22.9. The number of amides is 3. The van der Waals surface area contributed by atoms with Crippen LogP contribution in [0.25, 0.3) is 0 Å². The number of carbonyl (C=O) groups is 3. The highest BCUT2D eigenvalue weighted by atomic mass is 16.5. The van der Waals surface area contributed by atoms with Crippen LogP contribution in [0.5, 0.6) is 0 Å². The number of esters is 1. The smallest absolute Gasteiger partial charge is 0.338 e. The van der Waals surface area contributed by atoms with Gasteiger partial charge >= 0.3 is 12.0 Å². The number of aromatic nitrogens is 2. The van der Waals surface area contributed by atoms with Crippen molar-refractivity contribution in [1.82, 2.24) is 15.3 Å². The zero-order valence-corrected chi connectivity index (χ0v) is 17.3. The van der Waals surface area contributed by atoms with Crippen molar-refractivity contribution < 1.29 is 24.2 Å². The Morgan fingerprint density at radius 1 is 1.06 bits per heavy atom. The van der Waals surface area contributed by atoms with Gasteiger partial charge in [-0.3, -0.25) is 4.79 Å². The quantitative estimate of drug-likeness (QED) is 0.343. The van der Waals surface area contributed by atoms with Gasteiger partial charge in [0.1, 0.15) is 11.9 Å². The molecule has 0 spiro atoms. The van der Waals surface area contributed by atoms with E-state index >= 15 is 0 Å². The highest BCUT2D eigenvalue weighted by molar-refractivity contribution is 6.05. The number of aliphatic hydroxyl groups is 1. The van der Waals surface area contributed by atoms with Gasteiger partial charge in [-0.25, -0.2) is 14.6 Å². The van der Waals surface area contributed by atoms with E-state index in [1.54, 1.807) is 49.5 Å². The van der Waals surface area contributed by atoms with Crippen molar-refractivity contribution in [3.8, 4) is 0 Å². The molecule has 0 saturated heterocycles. The number of carbonyl (C=O) groups excluding carboxylic acids is 3. The Morgan fingerprint density at radius 3 is 2.41 bits per heavy atom. The standard InChI is InChI=1S/C22H23N5O5/c1-2-32-21(30)15-6-4-7-16(12-15)25-20(29)14-5-3-8-17(11-14)26-22(31)27-18(13-28)19-23-9-10-24-19/h3-12,18,28H,2,13H2,1H3,(H,23,24)(H,25,29)(H2,26,27,31). The largest absolute Gasteiger partial charge is 0.462 e. The molecule has 1 aromatic heterocycles. The maximum Gasteiger partial charge on any atom is 0.338 e. The minimum absolute atomic E-state index is 0.253. The van der Waals surface area contributed by atoms with Gasteiger partial charge in [0, 0.05) is 29.3 Å². The first-order chi connectivity index (χ1) is 15.5. The number of nitrogens with one attached hydrogen (secondary N) is 4. The van der Waals surface area contributed by atoms with Gasteiger partial charge in [-0.2, -0.15) is 0 Å². The average Bonchev–Trinajstić information content (AvgIpc) is 3.33. The molecule has 1 unspecified atom stereocenters. The van der Waals surface area contributed by atoms with Crippen LogP contribution in [-0.4, -0.2) is 46.2 Å². The molecule has 0 bridgehead atoms. The second kappa shape index (κ2) is 10.7. The summed E-state index contributed by atoms with van der Waals surface area (Å²) in [6, 6.07) is 11.5. The van der Waals surface area contributed by atoms with Crippen LogP contribution >= 0.6 is 0 Å². The lowest BCUT2D eigenvalue weighted by Crippen LogP contribution is -2.35. The Kier molecular flexibility index (Phi) is 7.55. The molecule has 0 aliphatic heterocycles. The first kappa shape index (κ1) is 22.5. The van der Waals surface area contributed by atoms with Crippen molar-refractivity contribution in [2.24, 2.45) is 0 Å². The first-order valence-electron chi connectivity index (χ1n) is 9.86. The van der Waals surface area contributed by atoms with Crippen molar-refractivity contribution in [2.45, 2.75) is 13.0 Å². The third-order valence-corrected chi connectivity index (χ3v) is 4.35. The Labute approximate surface area is 184 Å². The number of H-pyrrole nitrogens is 1. The van der Waals surface area contributed by atoms with Gasteiger partial charge in [-0.15, -0.1) is 0 Å². The molecule has 2 aromatic carbocycles. The summed E-state index contributed by atoms with van der Waals surface area (Å²) in [5.74, 6) is -0.476. The molecule has 0 fully saturated rings. The van der Waals surface area contributed by atoms with Crippen LogP contribution in [0.2, 0.25) is 0 Å². The fourth-order valence-corrected chi connectivity index (χ4v) is 2.87. The van der Waals surface area contributed by atoms with Crippen LogP contribution < -0.4 is 16.0 Å². The third-order valence-electron chi connectivity index (χ3n) is 4.35. The molecule has 0 aliphatic rings. The van der Waals surface area contributed by atoms with Crippen LogP contribution in [0, 0.1) is 0 Å². The maximum absolute atomic E-state index is 12.6. The Hall–Kier alpha value is -4.18. The van der Waals surface area contributed by atoms with E-state index in [0.717, 1.165) is 0 Å². The molecule has 0 radical (unpaired) electrons. The van der Waals surface area contributed by atoms with Gasteiger partial charge in [0.15, 0.2) is 0 Å². The number of nitrogens with zero attached hydrogens (tertiary/aromatic N) is 1. The normalized spacial score (nSPS) is 11.3. The first-order valence-corrected chi connectivity index (χ1v) is 9.86. The minimum Gasteiger partial charge on any atom is -0.462 e. The molecule has 3 rings (SSSR count). The predicted molar refractivity (Wildman–Crippen MR) is 117 cm³/mol. The lowest BCUT2D eigenvalue weighted by atomic mass is 10.1. The number of ether oxygens (including phenoxy) is 1. The topological polar surface area (TPSA) is 145 Å². The monoisotopic (exact) mass is 437 g/mol. The summed E-state index contributed by atoms with van der Waals surface area (Å²) in [5.41, 5.74) is 1.44. The zero-order valence-electron chi connectivity index (χ0n) is 17.3. The highest BCUT2D eigenvalue weighted by Crippen LogP contribution is 2.16. The number of hydrogen-bond acceptors (Lipinski definition) is 6. The Morgan fingerprint density at radius 2 is 1.75 bits per heavy atom. The van der Waals surface area contributed by atoms with E-state index in [-0.39, 0.29) is 13.2 Å². The molecule has 5 N–H and O–H groups in total. The van der Waals surface area contributed by atoms with Crippen molar-refractivity contribution in [2.75, 3.05) is 23.8 Å². The molecule has 3 amide bonds. The van der Waals surface area contributed by atoms with Gasteiger partial charge in [-0.05, 0) is 43.3 Å². The van der Waals surface area contributed by atoms with E-state index in [0.29, 0.717) is 28.3 Å². The molecule has 32 heavy (non-hydrogen) atoms. The Balaban J connectivity index is 1.64. The van der Waals surface area contributed by atoms with E-state index in [9.17, 15) is 19.5 Å². The second-order valence-electron chi connectivity index (χ2n) is 6.64. The van der Waals surface area contributed by atoms with Crippen LogP contribution in [0.15, 0.2) is 60.9 Å². The number of aliphatic hydroxyl groups excluding tert-OH is 1. The average molecular weight is 437 g/mol. The van der Waals surface area contributed by atoms with E-state index in [4.69, 9.17) is 4.74 Å². The number of rotatable bonds is 8. The number of imidazole rings is 1. The fourth-order valence-electron chi connectivity index (χ4n) is 2.87. The van der Waals surface area contributed by atoms with E-state index in [1.807, 2.05) is 0 Å². The molecule has 0 saturated carbocycles. The van der Waals surface area contributed by atoms with Gasteiger partial charge in [0.2, 0.25) is 0 Å². The van der Waals surface area contributed by atoms with Gasteiger partial charge in [-0.1, -0.05) is 12.1 Å². The maximum atomic E-state index is 12.6. The van der Waals surface area contributed by atoms with Crippen LogP contribution in [0.4, 0.5) is 16.2 Å². The second-order valence-corrected chi connectivity index (χ2v) is 6.64. The van der Waals surface area contributed by atoms with Gasteiger partial charge < -0.3 is 30.8 Å². The predicted octanol–water partition coefficient (Wildman–Crippen LogP) is 2.69. The van der Waals surface area contributed by atoms with Crippen molar-refractivity contribution in [1.29, 1.82) is 0 Å². The number of aromatic amines is 1. The lowest BCUT2D eigenvalue weighted by Gasteiger charge is -2.15. The molecular weight excluding hydrogens is 414 g/mol. The Bertz CT molecular complexity index is 1080. The number of urea groups is 1. The van der Waals surface area contributed by atoms with E-state index in [2.05, 4.69) is 25.9 Å². The van der Waals surface area contributed by atoms with Crippen molar-refractivity contribution in [3.05, 3.63) is 77.9 Å². The summed E-state index contributed by atoms with van der Waals surface area (Å²) >= 11 is 0. The summed E-state index contributed by atoms with van der Waals surface area (Å²) in [6.45, 7) is 1.63. The molecule has 3 aromatic rings. The molecule has 166 valence electrons. The summed E-state index contributed by atoms with van der Waals surface area (Å²) in [4.78, 5) is 43.6. The fraction of sp³-hybridized carbons (Fsp3) is 0.182. The van der Waals surface area contributed by atoms with E-state index in [1.165, 1.54) is 18.3 Å². The summed E-state index contributed by atoms with van der Waals surface area (Å²) in [6.07, 6.45) is 3.10. The molecular formula is C22H23N5O5. The van der Waals surface area contributed by atoms with Gasteiger partial charge in [0.05, 0.1) is 18.8 Å². The highest BCUT2D eigenvalue weighted by Gasteiger charge is 2.16. The van der Waals surface area contributed by atoms with Crippen molar-refractivity contribution in [3.63, 3.8) is 0 Å². The SMILES string of the molecule is CCOC(=O)c1cccc(NC(=O)c2cccc(NC(=O)NC(CO)c3ncc[nH]3)c2)c1.